The first-order valence-corrected chi connectivity index (χ1v) is 12.0. The average Bonchev–Trinajstić information content (AvgIpc) is 3.28. The Morgan fingerprint density at radius 2 is 1.65 bits per heavy atom. The highest BCUT2D eigenvalue weighted by Crippen LogP contribution is 2.20. The number of rotatable bonds is 12. The van der Waals surface area contributed by atoms with Crippen LogP contribution in [0.25, 0.3) is 5.82 Å². The number of nitrogens with zero attached hydrogens (tertiary/aromatic N) is 4. The minimum absolute atomic E-state index is 0.00939. The van der Waals surface area contributed by atoms with E-state index in [1.54, 1.807) is 6.92 Å². The lowest BCUT2D eigenvalue weighted by Gasteiger charge is -2.22. The molecule has 2 N–H and O–H groups in total. The van der Waals surface area contributed by atoms with Crippen LogP contribution in [0.3, 0.4) is 0 Å². The number of hydrogen-bond donors (Lipinski definition) is 1. The largest absolute Gasteiger partial charge is 0.478 e. The maximum absolute atomic E-state index is 12.5. The summed E-state index contributed by atoms with van der Waals surface area (Å²) in [6.07, 6.45) is 0.429. The maximum Gasteiger partial charge on any atom is 0.443 e. The summed E-state index contributed by atoms with van der Waals surface area (Å²) in [4.78, 5) is 30.4. The van der Waals surface area contributed by atoms with Crippen LogP contribution in [0.2, 0.25) is 0 Å². The second kappa shape index (κ2) is 12.5. The Morgan fingerprint density at radius 3 is 2.24 bits per heavy atom. The summed E-state index contributed by atoms with van der Waals surface area (Å²) >= 11 is 0. The SMILES string of the molecule is CCOC(=O)COc1ccc(-n2nc(CCN(Cc3ccccc3)Cc3ccccc3)oc2=O)nc1N. The van der Waals surface area contributed by atoms with Gasteiger partial charge in [0.2, 0.25) is 5.89 Å². The number of nitrogen functional groups attached to an aromatic ring is 1. The van der Waals surface area contributed by atoms with E-state index in [0.29, 0.717) is 18.9 Å². The molecule has 0 aliphatic heterocycles. The molecule has 0 spiro atoms. The molecule has 0 aliphatic rings. The van der Waals surface area contributed by atoms with Gasteiger partial charge in [0.1, 0.15) is 0 Å². The first kappa shape index (κ1) is 25.6. The van der Waals surface area contributed by atoms with Gasteiger partial charge in [0.15, 0.2) is 24.0 Å². The summed E-state index contributed by atoms with van der Waals surface area (Å²) in [6, 6.07) is 23.4. The summed E-state index contributed by atoms with van der Waals surface area (Å²) < 4.78 is 16.6. The number of carbonyl (C=O) groups is 1. The van der Waals surface area contributed by atoms with E-state index in [1.807, 2.05) is 36.4 Å². The van der Waals surface area contributed by atoms with Crippen LogP contribution in [-0.2, 0) is 29.0 Å². The first-order valence-electron chi connectivity index (χ1n) is 12.0. The van der Waals surface area contributed by atoms with Crippen molar-refractivity contribution in [2.75, 3.05) is 25.5 Å². The summed E-state index contributed by atoms with van der Waals surface area (Å²) in [5.41, 5.74) is 8.33. The number of benzene rings is 2. The van der Waals surface area contributed by atoms with E-state index in [2.05, 4.69) is 39.2 Å². The van der Waals surface area contributed by atoms with E-state index >= 15 is 0 Å². The van der Waals surface area contributed by atoms with E-state index in [9.17, 15) is 9.59 Å². The summed E-state index contributed by atoms with van der Waals surface area (Å²) in [6.45, 7) is 3.77. The Balaban J connectivity index is 1.44. The lowest BCUT2D eigenvalue weighted by atomic mass is 10.1. The molecule has 0 amide bonds. The van der Waals surface area contributed by atoms with Gasteiger partial charge in [-0.05, 0) is 30.2 Å². The fraction of sp³-hybridized carbons (Fsp3) is 0.259. The number of anilines is 1. The van der Waals surface area contributed by atoms with Gasteiger partial charge < -0.3 is 19.6 Å². The van der Waals surface area contributed by atoms with Crippen molar-refractivity contribution in [1.29, 1.82) is 0 Å². The Bertz CT molecular complexity index is 1310. The third-order valence-electron chi connectivity index (χ3n) is 5.47. The van der Waals surface area contributed by atoms with Crippen LogP contribution in [0.15, 0.2) is 82.0 Å². The molecule has 0 aliphatic carbocycles. The van der Waals surface area contributed by atoms with E-state index in [4.69, 9.17) is 19.6 Å². The van der Waals surface area contributed by atoms with Crippen molar-refractivity contribution in [2.24, 2.45) is 0 Å². The van der Waals surface area contributed by atoms with Crippen molar-refractivity contribution in [2.45, 2.75) is 26.4 Å². The second-order valence-electron chi connectivity index (χ2n) is 8.25. The van der Waals surface area contributed by atoms with Gasteiger partial charge in [-0.25, -0.2) is 14.6 Å². The molecule has 0 fully saturated rings. The summed E-state index contributed by atoms with van der Waals surface area (Å²) in [5.74, 6) is -0.497. The van der Waals surface area contributed by atoms with Gasteiger partial charge in [-0.2, -0.15) is 0 Å². The predicted octanol–water partition coefficient (Wildman–Crippen LogP) is 2.99. The van der Waals surface area contributed by atoms with Crippen LogP contribution in [0.5, 0.6) is 5.75 Å². The molecule has 0 saturated carbocycles. The smallest absolute Gasteiger partial charge is 0.443 e. The molecule has 37 heavy (non-hydrogen) atoms. The van der Waals surface area contributed by atoms with Gasteiger partial charge in [0.05, 0.1) is 6.61 Å². The molecule has 4 aromatic rings. The number of hydrogen-bond acceptors (Lipinski definition) is 9. The van der Waals surface area contributed by atoms with Crippen molar-refractivity contribution in [3.8, 4) is 11.6 Å². The molecule has 0 bridgehead atoms. The quantitative estimate of drug-likeness (QED) is 0.290. The molecular formula is C27H29N5O5. The van der Waals surface area contributed by atoms with Gasteiger partial charge in [0, 0.05) is 26.1 Å². The zero-order valence-electron chi connectivity index (χ0n) is 20.6. The van der Waals surface area contributed by atoms with Crippen molar-refractivity contribution >= 4 is 11.8 Å². The molecule has 0 saturated heterocycles. The topological polar surface area (TPSA) is 126 Å². The van der Waals surface area contributed by atoms with Gasteiger partial charge in [-0.15, -0.1) is 9.78 Å². The number of esters is 1. The van der Waals surface area contributed by atoms with Crippen molar-refractivity contribution in [3.05, 3.63) is 100 Å². The normalized spacial score (nSPS) is 11.0. The zero-order chi connectivity index (χ0) is 26.0. The predicted molar refractivity (Wildman–Crippen MR) is 137 cm³/mol. The molecular weight excluding hydrogens is 474 g/mol. The van der Waals surface area contributed by atoms with Crippen molar-refractivity contribution < 1.29 is 18.7 Å². The van der Waals surface area contributed by atoms with Gasteiger partial charge in [-0.3, -0.25) is 4.90 Å². The number of aromatic nitrogens is 3. The van der Waals surface area contributed by atoms with Crippen LogP contribution in [-0.4, -0.2) is 45.4 Å². The highest BCUT2D eigenvalue weighted by atomic mass is 16.6. The molecule has 10 heteroatoms. The minimum atomic E-state index is -0.667. The first-order chi connectivity index (χ1) is 18.0. The highest BCUT2D eigenvalue weighted by Gasteiger charge is 2.16. The third kappa shape index (κ3) is 7.28. The molecule has 2 heterocycles. The van der Waals surface area contributed by atoms with Crippen molar-refractivity contribution in [1.82, 2.24) is 19.7 Å². The van der Waals surface area contributed by atoms with Crippen LogP contribution in [0.4, 0.5) is 5.82 Å². The summed E-state index contributed by atoms with van der Waals surface area (Å²) in [5, 5.41) is 4.31. The fourth-order valence-corrected chi connectivity index (χ4v) is 3.74. The lowest BCUT2D eigenvalue weighted by Crippen LogP contribution is -2.25. The third-order valence-corrected chi connectivity index (χ3v) is 5.47. The van der Waals surface area contributed by atoms with E-state index in [0.717, 1.165) is 17.8 Å². The van der Waals surface area contributed by atoms with Gasteiger partial charge in [-0.1, -0.05) is 60.7 Å². The van der Waals surface area contributed by atoms with Crippen LogP contribution in [0, 0.1) is 0 Å². The highest BCUT2D eigenvalue weighted by molar-refractivity contribution is 5.71. The maximum atomic E-state index is 12.5. The molecule has 0 atom stereocenters. The second-order valence-corrected chi connectivity index (χ2v) is 8.25. The molecule has 2 aromatic heterocycles. The summed E-state index contributed by atoms with van der Waals surface area (Å²) in [7, 11) is 0. The molecule has 0 unspecified atom stereocenters. The van der Waals surface area contributed by atoms with Crippen molar-refractivity contribution in [3.63, 3.8) is 0 Å². The molecule has 192 valence electrons. The Labute approximate surface area is 214 Å². The average molecular weight is 504 g/mol. The molecule has 0 radical (unpaired) electrons. The van der Waals surface area contributed by atoms with Gasteiger partial charge in [0.25, 0.3) is 0 Å². The Kier molecular flexibility index (Phi) is 8.66. The molecule has 10 nitrogen and oxygen atoms in total. The monoisotopic (exact) mass is 503 g/mol. The van der Waals surface area contributed by atoms with E-state index < -0.39 is 11.7 Å². The van der Waals surface area contributed by atoms with E-state index in [1.165, 1.54) is 23.3 Å². The fourth-order valence-electron chi connectivity index (χ4n) is 3.74. The van der Waals surface area contributed by atoms with Crippen LogP contribution < -0.4 is 16.2 Å². The number of nitrogens with two attached hydrogens (primary N) is 1. The van der Waals surface area contributed by atoms with Crippen LogP contribution in [0.1, 0.15) is 23.9 Å². The van der Waals surface area contributed by atoms with E-state index in [-0.39, 0.29) is 30.6 Å². The Morgan fingerprint density at radius 1 is 1.00 bits per heavy atom. The lowest BCUT2D eigenvalue weighted by molar-refractivity contribution is -0.145. The standard InChI is InChI=1S/C27H29N5O5/c1-2-35-25(33)19-36-22-13-14-23(29-26(22)28)32-27(34)37-24(30-32)15-16-31(17-20-9-5-3-6-10-20)18-21-11-7-4-8-12-21/h3-14H,2,15-19H2,1H3,(H2,28,29). The molecule has 4 rings (SSSR count). The zero-order valence-corrected chi connectivity index (χ0v) is 20.6. The number of pyridine rings is 1. The number of carbonyl (C=O) groups excluding carboxylic acids is 1. The van der Waals surface area contributed by atoms with Crippen LogP contribution >= 0.6 is 0 Å². The Hall–Kier alpha value is -4.44. The molecule has 2 aromatic carbocycles. The van der Waals surface area contributed by atoms with Gasteiger partial charge >= 0.3 is 11.7 Å². The minimum Gasteiger partial charge on any atom is -0.478 e. The number of ether oxygens (including phenoxy) is 2.